The highest BCUT2D eigenvalue weighted by Gasteiger charge is 2.37. The first-order chi connectivity index (χ1) is 9.52. The molecule has 5 heteroatoms. The van der Waals surface area contributed by atoms with Gasteiger partial charge in [0.15, 0.2) is 0 Å². The number of likely N-dealkylation sites (N-methyl/N-ethyl adjacent to an activating group) is 1. The molecule has 0 bridgehead atoms. The van der Waals surface area contributed by atoms with Crippen LogP contribution in [0.25, 0.3) is 11.0 Å². The molecule has 1 fully saturated rings. The van der Waals surface area contributed by atoms with Gasteiger partial charge in [-0.1, -0.05) is 28.8 Å². The molecular weight excluding hydrogens is 316 g/mol. The number of nitrogens with zero attached hydrogens (tertiary/aromatic N) is 3. The third-order valence-corrected chi connectivity index (χ3v) is 5.17. The maximum absolute atomic E-state index is 6.16. The Balaban J connectivity index is 2.05. The van der Waals surface area contributed by atoms with Crippen molar-refractivity contribution < 1.29 is 0 Å². The molecule has 108 valence electrons. The highest BCUT2D eigenvalue weighted by atomic mass is 79.9. The van der Waals surface area contributed by atoms with Crippen LogP contribution in [0, 0.1) is 0 Å². The molecule has 1 aliphatic carbocycles. The van der Waals surface area contributed by atoms with Crippen molar-refractivity contribution in [1.82, 2.24) is 14.5 Å². The van der Waals surface area contributed by atoms with Gasteiger partial charge in [0.2, 0.25) is 5.95 Å². The number of fused-ring (bicyclic) bond motifs is 1. The lowest BCUT2D eigenvalue weighted by Crippen LogP contribution is -2.45. The van der Waals surface area contributed by atoms with Crippen LogP contribution in [0.2, 0.25) is 0 Å². The maximum Gasteiger partial charge on any atom is 0.201 e. The zero-order chi connectivity index (χ0) is 14.3. The fraction of sp³-hybridized carbons (Fsp3) is 0.533. The number of aromatic nitrogens is 2. The molecule has 1 aliphatic rings. The van der Waals surface area contributed by atoms with Gasteiger partial charge in [0.25, 0.3) is 0 Å². The molecular formula is C15H21BrN4. The van der Waals surface area contributed by atoms with Crippen molar-refractivity contribution >= 4 is 32.9 Å². The van der Waals surface area contributed by atoms with Gasteiger partial charge in [-0.05, 0) is 45.1 Å². The number of halogens is 1. The van der Waals surface area contributed by atoms with Crippen molar-refractivity contribution in [2.45, 2.75) is 37.8 Å². The molecule has 1 aromatic heterocycles. The third-order valence-electron chi connectivity index (χ3n) is 4.68. The summed E-state index contributed by atoms with van der Waals surface area (Å²) in [7, 11) is 4.35. The normalized spacial score (nSPS) is 18.2. The van der Waals surface area contributed by atoms with Gasteiger partial charge in [-0.3, -0.25) is 0 Å². The summed E-state index contributed by atoms with van der Waals surface area (Å²) in [5.41, 5.74) is 8.46. The minimum atomic E-state index is 0.212. The molecule has 0 spiro atoms. The summed E-state index contributed by atoms with van der Waals surface area (Å²) in [5.74, 6) is 0.617. The van der Waals surface area contributed by atoms with Crippen molar-refractivity contribution in [3.05, 3.63) is 22.7 Å². The van der Waals surface area contributed by atoms with E-state index >= 15 is 0 Å². The number of imidazole rings is 1. The number of hydrogen-bond donors (Lipinski definition) is 1. The predicted octanol–water partition coefficient (Wildman–Crippen LogP) is 3.26. The monoisotopic (exact) mass is 336 g/mol. The van der Waals surface area contributed by atoms with Crippen LogP contribution in [-0.2, 0) is 6.54 Å². The predicted molar refractivity (Wildman–Crippen MR) is 86.7 cm³/mol. The molecule has 0 radical (unpaired) electrons. The van der Waals surface area contributed by atoms with Gasteiger partial charge < -0.3 is 15.2 Å². The maximum atomic E-state index is 6.16. The van der Waals surface area contributed by atoms with Gasteiger partial charge in [-0.2, -0.15) is 0 Å². The Hall–Kier alpha value is -1.07. The highest BCUT2D eigenvalue weighted by Crippen LogP contribution is 2.37. The summed E-state index contributed by atoms with van der Waals surface area (Å²) in [5, 5.41) is 0. The van der Waals surface area contributed by atoms with Gasteiger partial charge in [0.1, 0.15) is 0 Å². The Labute approximate surface area is 128 Å². The molecule has 3 rings (SSSR count). The van der Waals surface area contributed by atoms with E-state index in [-0.39, 0.29) is 5.54 Å². The Morgan fingerprint density at radius 1 is 1.35 bits per heavy atom. The van der Waals surface area contributed by atoms with Crippen LogP contribution in [-0.4, -0.2) is 34.1 Å². The van der Waals surface area contributed by atoms with E-state index < -0.39 is 0 Å². The van der Waals surface area contributed by atoms with Crippen LogP contribution in [0.5, 0.6) is 0 Å². The van der Waals surface area contributed by atoms with E-state index in [9.17, 15) is 0 Å². The van der Waals surface area contributed by atoms with E-state index in [1.165, 1.54) is 25.7 Å². The molecule has 1 aromatic carbocycles. The second-order valence-electron chi connectivity index (χ2n) is 6.02. The van der Waals surface area contributed by atoms with E-state index in [1.807, 2.05) is 12.1 Å². The summed E-state index contributed by atoms with van der Waals surface area (Å²) in [6.07, 6.45) is 5.06. The number of benzene rings is 1. The first-order valence-electron chi connectivity index (χ1n) is 7.11. The average molecular weight is 337 g/mol. The Bertz CT molecular complexity index is 626. The zero-order valence-electron chi connectivity index (χ0n) is 12.1. The topological polar surface area (TPSA) is 47.1 Å². The largest absolute Gasteiger partial charge is 0.369 e. The van der Waals surface area contributed by atoms with Gasteiger partial charge in [-0.15, -0.1) is 0 Å². The van der Waals surface area contributed by atoms with Crippen molar-refractivity contribution in [2.75, 3.05) is 19.8 Å². The summed E-state index contributed by atoms with van der Waals surface area (Å²) in [4.78, 5) is 6.85. The van der Waals surface area contributed by atoms with Gasteiger partial charge in [0, 0.05) is 16.6 Å². The van der Waals surface area contributed by atoms with E-state index in [1.54, 1.807) is 0 Å². The van der Waals surface area contributed by atoms with E-state index in [4.69, 9.17) is 5.73 Å². The third kappa shape index (κ3) is 2.23. The second-order valence-corrected chi connectivity index (χ2v) is 6.93. The highest BCUT2D eigenvalue weighted by molar-refractivity contribution is 9.10. The van der Waals surface area contributed by atoms with Crippen LogP contribution >= 0.6 is 15.9 Å². The van der Waals surface area contributed by atoms with Crippen LogP contribution < -0.4 is 5.73 Å². The van der Waals surface area contributed by atoms with Crippen LogP contribution in [0.4, 0.5) is 5.95 Å². The minimum Gasteiger partial charge on any atom is -0.369 e. The van der Waals surface area contributed by atoms with E-state index in [2.05, 4.69) is 50.5 Å². The number of nitrogens with two attached hydrogens (primary N) is 1. The summed E-state index contributed by atoms with van der Waals surface area (Å²) >= 11 is 3.54. The first kappa shape index (κ1) is 13.9. The van der Waals surface area contributed by atoms with Gasteiger partial charge in [0.05, 0.1) is 11.0 Å². The lowest BCUT2D eigenvalue weighted by molar-refractivity contribution is 0.136. The van der Waals surface area contributed by atoms with E-state index in [0.29, 0.717) is 5.95 Å². The summed E-state index contributed by atoms with van der Waals surface area (Å²) in [6.45, 7) is 0.915. The fourth-order valence-electron chi connectivity index (χ4n) is 3.35. The molecule has 20 heavy (non-hydrogen) atoms. The lowest BCUT2D eigenvalue weighted by Gasteiger charge is -2.37. The molecule has 0 unspecified atom stereocenters. The van der Waals surface area contributed by atoms with E-state index in [0.717, 1.165) is 22.1 Å². The Morgan fingerprint density at radius 3 is 2.70 bits per heavy atom. The molecule has 0 atom stereocenters. The van der Waals surface area contributed by atoms with Gasteiger partial charge >= 0.3 is 0 Å². The summed E-state index contributed by atoms with van der Waals surface area (Å²) < 4.78 is 3.24. The number of hydrogen-bond acceptors (Lipinski definition) is 3. The smallest absolute Gasteiger partial charge is 0.201 e. The van der Waals surface area contributed by atoms with Crippen molar-refractivity contribution in [2.24, 2.45) is 0 Å². The van der Waals surface area contributed by atoms with Crippen molar-refractivity contribution in [1.29, 1.82) is 0 Å². The quantitative estimate of drug-likeness (QED) is 0.935. The zero-order valence-corrected chi connectivity index (χ0v) is 13.7. The van der Waals surface area contributed by atoms with Crippen LogP contribution in [0.3, 0.4) is 0 Å². The molecule has 0 amide bonds. The van der Waals surface area contributed by atoms with Crippen molar-refractivity contribution in [3.63, 3.8) is 0 Å². The molecule has 2 aromatic rings. The van der Waals surface area contributed by atoms with Crippen LogP contribution in [0.1, 0.15) is 25.7 Å². The summed E-state index contributed by atoms with van der Waals surface area (Å²) in [6, 6.07) is 6.14. The van der Waals surface area contributed by atoms with Crippen LogP contribution in [0.15, 0.2) is 22.7 Å². The number of rotatable bonds is 3. The second kappa shape index (κ2) is 5.04. The average Bonchev–Trinajstić information content (AvgIpc) is 2.98. The van der Waals surface area contributed by atoms with Gasteiger partial charge in [-0.25, -0.2) is 4.98 Å². The molecule has 2 N–H and O–H groups in total. The standard InChI is InChI=1S/C15H21BrN4/c1-19(2)15(7-3-4-8-15)10-20-13-9-11(16)5-6-12(13)18-14(20)17/h5-6,9H,3-4,7-8,10H2,1-2H3,(H2,17,18). The minimum absolute atomic E-state index is 0.212. The Morgan fingerprint density at radius 2 is 2.05 bits per heavy atom. The number of nitrogen functional groups attached to an aromatic ring is 1. The molecule has 1 saturated carbocycles. The molecule has 4 nitrogen and oxygen atoms in total. The van der Waals surface area contributed by atoms with Crippen molar-refractivity contribution in [3.8, 4) is 0 Å². The molecule has 0 aliphatic heterocycles. The lowest BCUT2D eigenvalue weighted by atomic mass is 9.96. The SMILES string of the molecule is CN(C)C1(Cn2c(N)nc3ccc(Br)cc32)CCCC1. The number of anilines is 1. The fourth-order valence-corrected chi connectivity index (χ4v) is 3.70. The Kier molecular flexibility index (Phi) is 3.50. The molecule has 0 saturated heterocycles. The first-order valence-corrected chi connectivity index (χ1v) is 7.90. The molecule has 1 heterocycles.